The number of Topliss-reactive ketones (excluding diaryl/α,β-unsaturated/α-hetero) is 1. The van der Waals surface area contributed by atoms with Crippen LogP contribution in [-0.2, 0) is 10.2 Å². The Morgan fingerprint density at radius 2 is 1.71 bits per heavy atom. The summed E-state index contributed by atoms with van der Waals surface area (Å²) in [6.07, 6.45) is 1.10. The summed E-state index contributed by atoms with van der Waals surface area (Å²) < 4.78 is 0. The van der Waals surface area contributed by atoms with Gasteiger partial charge in [0.05, 0.1) is 11.8 Å². The molecule has 0 bridgehead atoms. The number of rotatable bonds is 9. The highest BCUT2D eigenvalue weighted by molar-refractivity contribution is 6.06. The number of benzene rings is 2. The molecule has 3 atom stereocenters. The van der Waals surface area contributed by atoms with E-state index in [2.05, 4.69) is 25.2 Å². The summed E-state index contributed by atoms with van der Waals surface area (Å²) in [6.45, 7) is 15.6. The van der Waals surface area contributed by atoms with Crippen molar-refractivity contribution >= 4 is 23.2 Å². The molecular formula is C29H40N2O3. The van der Waals surface area contributed by atoms with E-state index in [0.717, 1.165) is 28.8 Å². The van der Waals surface area contributed by atoms with E-state index in [-0.39, 0.29) is 29.6 Å². The predicted octanol–water partition coefficient (Wildman–Crippen LogP) is 6.24. The summed E-state index contributed by atoms with van der Waals surface area (Å²) in [7, 11) is 0. The molecule has 0 heterocycles. The van der Waals surface area contributed by atoms with Crippen LogP contribution >= 0.6 is 0 Å². The van der Waals surface area contributed by atoms with Gasteiger partial charge in [-0.25, -0.2) is 4.99 Å². The molecule has 5 nitrogen and oxygen atoms in total. The second-order valence-corrected chi connectivity index (χ2v) is 9.99. The van der Waals surface area contributed by atoms with Crippen molar-refractivity contribution in [3.63, 3.8) is 0 Å². The number of aryl methyl sites for hydroxylation is 1. The molecule has 0 saturated carbocycles. The Morgan fingerprint density at radius 3 is 2.26 bits per heavy atom. The van der Waals surface area contributed by atoms with Crippen LogP contribution in [0.4, 0.5) is 5.69 Å². The minimum absolute atomic E-state index is 0.0788. The summed E-state index contributed by atoms with van der Waals surface area (Å²) >= 11 is 0. The molecule has 0 saturated heterocycles. The molecule has 0 aromatic heterocycles. The number of aliphatic hydroxyl groups is 1. The van der Waals surface area contributed by atoms with Gasteiger partial charge in [0.1, 0.15) is 11.6 Å². The van der Waals surface area contributed by atoms with Crippen molar-refractivity contribution in [2.75, 3.05) is 0 Å². The molecule has 1 amide bonds. The number of aliphatic imine (C=N–C) groups is 1. The van der Waals surface area contributed by atoms with Crippen molar-refractivity contribution in [2.24, 2.45) is 10.9 Å². The van der Waals surface area contributed by atoms with E-state index < -0.39 is 5.41 Å². The van der Waals surface area contributed by atoms with E-state index in [1.54, 1.807) is 26.0 Å². The maximum Gasteiger partial charge on any atom is 0.256 e. The number of carbonyl (C=O) groups excluding carboxylic acids is 2. The lowest BCUT2D eigenvalue weighted by Gasteiger charge is -2.31. The summed E-state index contributed by atoms with van der Waals surface area (Å²) in [5.74, 6) is 0.763. The number of nitrogens with one attached hydrogen (secondary N) is 1. The van der Waals surface area contributed by atoms with Crippen LogP contribution < -0.4 is 5.32 Å². The van der Waals surface area contributed by atoms with E-state index in [9.17, 15) is 14.7 Å². The first-order valence-electron chi connectivity index (χ1n) is 12.1. The van der Waals surface area contributed by atoms with Gasteiger partial charge in [0.25, 0.3) is 5.91 Å². The molecular weight excluding hydrogens is 424 g/mol. The lowest BCUT2D eigenvalue weighted by atomic mass is 9.73. The highest BCUT2D eigenvalue weighted by atomic mass is 16.3. The Bertz CT molecular complexity index is 1040. The zero-order valence-electron chi connectivity index (χ0n) is 21.9. The molecule has 0 aliphatic rings. The van der Waals surface area contributed by atoms with Gasteiger partial charge >= 0.3 is 0 Å². The Balaban J connectivity index is 2.48. The van der Waals surface area contributed by atoms with Gasteiger partial charge in [0.2, 0.25) is 0 Å². The van der Waals surface area contributed by atoms with Gasteiger partial charge in [-0.05, 0) is 94.2 Å². The number of carbonyl (C=O) groups is 2. The van der Waals surface area contributed by atoms with Crippen molar-refractivity contribution in [3.8, 4) is 0 Å². The van der Waals surface area contributed by atoms with Crippen LogP contribution in [0.15, 0.2) is 47.5 Å². The van der Waals surface area contributed by atoms with Crippen LogP contribution in [0.5, 0.6) is 0 Å². The molecule has 2 aromatic rings. The Morgan fingerprint density at radius 1 is 1.09 bits per heavy atom. The molecule has 0 aliphatic heterocycles. The van der Waals surface area contributed by atoms with E-state index in [1.165, 1.54) is 0 Å². The number of amidine groups is 1. The average Bonchev–Trinajstić information content (AvgIpc) is 2.79. The molecule has 0 radical (unpaired) electrons. The number of amides is 1. The van der Waals surface area contributed by atoms with Gasteiger partial charge < -0.3 is 10.4 Å². The van der Waals surface area contributed by atoms with Crippen LogP contribution in [0.3, 0.4) is 0 Å². The number of hydrogen-bond acceptors (Lipinski definition) is 4. The van der Waals surface area contributed by atoms with Crippen molar-refractivity contribution < 1.29 is 14.7 Å². The number of hydrogen-bond donors (Lipinski definition) is 2. The van der Waals surface area contributed by atoms with Crippen LogP contribution in [-0.4, -0.2) is 28.7 Å². The maximum atomic E-state index is 12.6. The highest BCUT2D eigenvalue weighted by Gasteiger charge is 2.32. The second-order valence-electron chi connectivity index (χ2n) is 9.99. The van der Waals surface area contributed by atoms with Gasteiger partial charge in [-0.2, -0.15) is 0 Å². The second kappa shape index (κ2) is 11.6. The summed E-state index contributed by atoms with van der Waals surface area (Å²) in [6, 6.07) is 13.1. The van der Waals surface area contributed by atoms with Gasteiger partial charge in [0, 0.05) is 11.0 Å². The lowest BCUT2D eigenvalue weighted by molar-refractivity contribution is -0.121. The minimum Gasteiger partial charge on any atom is -0.393 e. The molecule has 2 aromatic carbocycles. The molecule has 3 unspecified atom stereocenters. The zero-order valence-corrected chi connectivity index (χ0v) is 21.9. The monoisotopic (exact) mass is 464 g/mol. The standard InChI is InChI=1S/C29H40N2O3/c1-9-24(33)15-18(2)20(4)25-16-19(3)27(17-26(25)29(7,8)21(5)32)30-22(6)31-28(34)23-13-11-10-12-14-23/h10-14,16-18,20,24,33H,9,15H2,1-8H3,(H,30,31,34). The largest absolute Gasteiger partial charge is 0.393 e. The normalized spacial score (nSPS) is 14.9. The quantitative estimate of drug-likeness (QED) is 0.340. The van der Waals surface area contributed by atoms with Crippen LogP contribution in [0.2, 0.25) is 0 Å². The third-order valence-corrected chi connectivity index (χ3v) is 7.00. The first-order valence-corrected chi connectivity index (χ1v) is 12.1. The Kier molecular flexibility index (Phi) is 9.34. The molecule has 0 fully saturated rings. The molecule has 5 heteroatoms. The fraction of sp³-hybridized carbons (Fsp3) is 0.483. The molecule has 0 spiro atoms. The van der Waals surface area contributed by atoms with Crippen molar-refractivity contribution in [3.05, 3.63) is 64.7 Å². The van der Waals surface area contributed by atoms with Crippen LogP contribution in [0.25, 0.3) is 0 Å². The first kappa shape index (κ1) is 27.5. The van der Waals surface area contributed by atoms with Crippen molar-refractivity contribution in [1.29, 1.82) is 0 Å². The molecule has 2 N–H and O–H groups in total. The van der Waals surface area contributed by atoms with Crippen molar-refractivity contribution in [1.82, 2.24) is 5.32 Å². The van der Waals surface area contributed by atoms with Crippen molar-refractivity contribution in [2.45, 2.75) is 85.7 Å². The Labute approximate surface area is 204 Å². The van der Waals surface area contributed by atoms with Gasteiger partial charge in [-0.1, -0.05) is 45.0 Å². The smallest absolute Gasteiger partial charge is 0.256 e. The summed E-state index contributed by atoms with van der Waals surface area (Å²) in [4.78, 5) is 29.8. The molecule has 184 valence electrons. The maximum absolute atomic E-state index is 12.6. The number of nitrogens with zero attached hydrogens (tertiary/aromatic N) is 1. The van der Waals surface area contributed by atoms with Crippen LogP contribution in [0, 0.1) is 12.8 Å². The Hall–Kier alpha value is -2.79. The van der Waals surface area contributed by atoms with Crippen LogP contribution in [0.1, 0.15) is 94.3 Å². The third kappa shape index (κ3) is 6.63. The molecule has 0 aliphatic carbocycles. The van der Waals surface area contributed by atoms with Gasteiger partial charge in [-0.3, -0.25) is 9.59 Å². The average molecular weight is 465 g/mol. The van der Waals surface area contributed by atoms with Gasteiger partial charge in [0.15, 0.2) is 0 Å². The van der Waals surface area contributed by atoms with E-state index in [0.29, 0.717) is 17.8 Å². The molecule has 2 rings (SSSR count). The highest BCUT2D eigenvalue weighted by Crippen LogP contribution is 2.40. The number of aliphatic hydroxyl groups excluding tert-OH is 1. The third-order valence-electron chi connectivity index (χ3n) is 7.00. The lowest BCUT2D eigenvalue weighted by Crippen LogP contribution is -2.30. The fourth-order valence-corrected chi connectivity index (χ4v) is 4.09. The van der Waals surface area contributed by atoms with E-state index >= 15 is 0 Å². The topological polar surface area (TPSA) is 78.8 Å². The summed E-state index contributed by atoms with van der Waals surface area (Å²) in [5, 5.41) is 13.0. The SMILES string of the molecule is CCC(O)CC(C)C(C)c1cc(C)c(N=C(C)NC(=O)c2ccccc2)cc1C(C)(C)C(C)=O. The number of ketones is 1. The first-order chi connectivity index (χ1) is 15.9. The van der Waals surface area contributed by atoms with Gasteiger partial charge in [-0.15, -0.1) is 0 Å². The van der Waals surface area contributed by atoms with E-state index in [1.807, 2.05) is 52.0 Å². The molecule has 34 heavy (non-hydrogen) atoms. The minimum atomic E-state index is -0.689. The predicted molar refractivity (Wildman–Crippen MR) is 140 cm³/mol. The van der Waals surface area contributed by atoms with E-state index in [4.69, 9.17) is 4.99 Å². The summed E-state index contributed by atoms with van der Waals surface area (Å²) in [5.41, 5.74) is 3.63. The fourth-order valence-electron chi connectivity index (χ4n) is 4.09. The zero-order chi connectivity index (χ0) is 25.6.